The molecule has 4 nitrogen and oxygen atoms in total. The Morgan fingerprint density at radius 3 is 2.06 bits per heavy atom. The Labute approximate surface area is 94.3 Å². The van der Waals surface area contributed by atoms with Crippen molar-refractivity contribution in [2.75, 3.05) is 6.54 Å². The summed E-state index contributed by atoms with van der Waals surface area (Å²) in [5.41, 5.74) is 5.92. The third-order valence-corrected chi connectivity index (χ3v) is 3.55. The predicted molar refractivity (Wildman–Crippen MR) is 60.6 cm³/mol. The average molecular weight is 223 g/mol. The number of hydrogen-bond acceptors (Lipinski definition) is 4. The normalized spacial score (nSPS) is 18.1. The van der Waals surface area contributed by atoms with Crippen molar-refractivity contribution in [3.8, 4) is 17.2 Å². The fraction of sp³-hybridized carbons (Fsp3) is 0.500. The Morgan fingerprint density at radius 2 is 1.69 bits per heavy atom. The summed E-state index contributed by atoms with van der Waals surface area (Å²) >= 11 is 0. The van der Waals surface area contributed by atoms with Crippen molar-refractivity contribution in [1.82, 2.24) is 0 Å². The molecule has 0 bridgehead atoms. The lowest BCUT2D eigenvalue weighted by Gasteiger charge is -2.42. The van der Waals surface area contributed by atoms with Gasteiger partial charge in [-0.15, -0.1) is 0 Å². The van der Waals surface area contributed by atoms with Gasteiger partial charge in [-0.2, -0.15) is 0 Å². The summed E-state index contributed by atoms with van der Waals surface area (Å²) in [6.45, 7) is 0.528. The summed E-state index contributed by atoms with van der Waals surface area (Å²) in [5.74, 6) is -0.197. The van der Waals surface area contributed by atoms with Crippen LogP contribution in [0.15, 0.2) is 12.1 Å². The van der Waals surface area contributed by atoms with E-state index in [1.165, 1.54) is 12.1 Å². The predicted octanol–water partition coefficient (Wildman–Crippen LogP) is 1.57. The van der Waals surface area contributed by atoms with Crippen LogP contribution in [0.1, 0.15) is 31.2 Å². The zero-order valence-corrected chi connectivity index (χ0v) is 9.11. The molecule has 0 radical (unpaired) electrons. The second-order valence-corrected chi connectivity index (χ2v) is 4.53. The topological polar surface area (TPSA) is 86.7 Å². The molecule has 16 heavy (non-hydrogen) atoms. The van der Waals surface area contributed by atoms with E-state index in [-0.39, 0.29) is 22.7 Å². The number of benzene rings is 1. The number of aromatic hydroxyl groups is 3. The molecule has 2 rings (SSSR count). The molecule has 0 heterocycles. The van der Waals surface area contributed by atoms with Gasteiger partial charge in [0.15, 0.2) is 0 Å². The minimum atomic E-state index is -0.198. The first-order valence-corrected chi connectivity index (χ1v) is 5.54. The van der Waals surface area contributed by atoms with Gasteiger partial charge in [0, 0.05) is 23.1 Å². The molecule has 0 atom stereocenters. The van der Waals surface area contributed by atoms with Gasteiger partial charge in [0.05, 0.1) is 0 Å². The van der Waals surface area contributed by atoms with E-state index < -0.39 is 0 Å². The van der Waals surface area contributed by atoms with Crippen molar-refractivity contribution < 1.29 is 15.3 Å². The second kappa shape index (κ2) is 3.87. The first-order chi connectivity index (χ1) is 7.59. The molecule has 1 aliphatic carbocycles. The summed E-state index contributed by atoms with van der Waals surface area (Å²) in [4.78, 5) is 0. The monoisotopic (exact) mass is 223 g/mol. The zero-order valence-electron chi connectivity index (χ0n) is 9.11. The van der Waals surface area contributed by atoms with Gasteiger partial charge in [-0.1, -0.05) is 6.42 Å². The lowest BCUT2D eigenvalue weighted by Crippen LogP contribution is -2.36. The fourth-order valence-electron chi connectivity index (χ4n) is 2.65. The van der Waals surface area contributed by atoms with Gasteiger partial charge in [-0.25, -0.2) is 0 Å². The largest absolute Gasteiger partial charge is 0.508 e. The smallest absolute Gasteiger partial charge is 0.126 e. The SMILES string of the molecule is NCCC1(c2c(O)cc(O)cc2O)CCC1. The van der Waals surface area contributed by atoms with Crippen LogP contribution in [0.25, 0.3) is 0 Å². The molecular formula is C12H17NO3. The van der Waals surface area contributed by atoms with Crippen LogP contribution in [0.3, 0.4) is 0 Å². The summed E-state index contributed by atoms with van der Waals surface area (Å²) < 4.78 is 0. The summed E-state index contributed by atoms with van der Waals surface area (Å²) in [6, 6.07) is 2.54. The van der Waals surface area contributed by atoms with E-state index in [0.29, 0.717) is 12.1 Å². The van der Waals surface area contributed by atoms with Crippen LogP contribution in [-0.2, 0) is 5.41 Å². The van der Waals surface area contributed by atoms with Crippen molar-refractivity contribution in [3.05, 3.63) is 17.7 Å². The molecule has 88 valence electrons. The van der Waals surface area contributed by atoms with Crippen LogP contribution in [0.4, 0.5) is 0 Å². The van der Waals surface area contributed by atoms with Gasteiger partial charge < -0.3 is 21.1 Å². The molecule has 1 saturated carbocycles. The van der Waals surface area contributed by atoms with Crippen LogP contribution >= 0.6 is 0 Å². The number of hydrogen-bond donors (Lipinski definition) is 4. The van der Waals surface area contributed by atoms with Crippen LogP contribution < -0.4 is 5.73 Å². The number of nitrogens with two attached hydrogens (primary N) is 1. The summed E-state index contributed by atoms with van der Waals surface area (Å²) in [5, 5.41) is 28.9. The Kier molecular flexibility index (Phi) is 2.68. The minimum Gasteiger partial charge on any atom is -0.508 e. The van der Waals surface area contributed by atoms with Crippen LogP contribution in [0, 0.1) is 0 Å². The molecule has 0 spiro atoms. The zero-order chi connectivity index (χ0) is 11.8. The second-order valence-electron chi connectivity index (χ2n) is 4.53. The highest BCUT2D eigenvalue weighted by atomic mass is 16.3. The van der Waals surface area contributed by atoms with Crippen LogP contribution in [0.2, 0.25) is 0 Å². The van der Waals surface area contributed by atoms with E-state index in [1.54, 1.807) is 0 Å². The molecule has 0 saturated heterocycles. The van der Waals surface area contributed by atoms with Gasteiger partial charge in [0.2, 0.25) is 0 Å². The van der Waals surface area contributed by atoms with Gasteiger partial charge in [-0.05, 0) is 25.8 Å². The molecule has 1 fully saturated rings. The van der Waals surface area contributed by atoms with Gasteiger partial charge in [-0.3, -0.25) is 0 Å². The maximum absolute atomic E-state index is 9.84. The van der Waals surface area contributed by atoms with E-state index in [4.69, 9.17) is 5.73 Å². The lowest BCUT2D eigenvalue weighted by molar-refractivity contribution is 0.215. The first-order valence-electron chi connectivity index (χ1n) is 5.54. The van der Waals surface area contributed by atoms with Crippen molar-refractivity contribution >= 4 is 0 Å². The Balaban J connectivity index is 2.46. The molecular weight excluding hydrogens is 206 g/mol. The van der Waals surface area contributed by atoms with Gasteiger partial charge >= 0.3 is 0 Å². The van der Waals surface area contributed by atoms with Crippen molar-refractivity contribution in [2.45, 2.75) is 31.1 Å². The fourth-order valence-corrected chi connectivity index (χ4v) is 2.65. The molecule has 1 aromatic carbocycles. The third kappa shape index (κ3) is 1.59. The highest BCUT2D eigenvalue weighted by Gasteiger charge is 2.41. The molecule has 0 amide bonds. The molecule has 0 aromatic heterocycles. The molecule has 4 heteroatoms. The number of phenols is 3. The molecule has 1 aromatic rings. The Bertz CT molecular complexity index is 376. The number of rotatable bonds is 3. The third-order valence-electron chi connectivity index (χ3n) is 3.55. The van der Waals surface area contributed by atoms with E-state index in [9.17, 15) is 15.3 Å². The van der Waals surface area contributed by atoms with Gasteiger partial charge in [0.25, 0.3) is 0 Å². The molecule has 0 unspecified atom stereocenters. The maximum Gasteiger partial charge on any atom is 0.126 e. The van der Waals surface area contributed by atoms with Gasteiger partial charge in [0.1, 0.15) is 17.2 Å². The maximum atomic E-state index is 9.84. The Hall–Kier alpha value is -1.42. The standard InChI is InChI=1S/C12H17NO3/c13-5-4-12(2-1-3-12)11-9(15)6-8(14)7-10(11)16/h6-7,14-16H,1-5,13H2. The lowest BCUT2D eigenvalue weighted by atomic mass is 9.62. The van der Waals surface area contributed by atoms with Crippen LogP contribution in [-0.4, -0.2) is 21.9 Å². The Morgan fingerprint density at radius 1 is 1.12 bits per heavy atom. The quantitative estimate of drug-likeness (QED) is 0.626. The molecule has 5 N–H and O–H groups in total. The van der Waals surface area contributed by atoms with Crippen LogP contribution in [0.5, 0.6) is 17.2 Å². The van der Waals surface area contributed by atoms with E-state index >= 15 is 0 Å². The van der Waals surface area contributed by atoms with E-state index in [2.05, 4.69) is 0 Å². The van der Waals surface area contributed by atoms with E-state index in [1.807, 2.05) is 0 Å². The van der Waals surface area contributed by atoms with Crippen molar-refractivity contribution in [1.29, 1.82) is 0 Å². The summed E-state index contributed by atoms with van der Waals surface area (Å²) in [7, 11) is 0. The highest BCUT2D eigenvalue weighted by Crippen LogP contribution is 2.53. The molecule has 1 aliphatic rings. The average Bonchev–Trinajstić information content (AvgIpc) is 2.12. The minimum absolute atomic E-state index is 0.0364. The first kappa shape index (κ1) is 11.1. The number of phenolic OH excluding ortho intramolecular Hbond substituents is 3. The van der Waals surface area contributed by atoms with Crippen molar-refractivity contribution in [2.24, 2.45) is 5.73 Å². The van der Waals surface area contributed by atoms with Crippen molar-refractivity contribution in [3.63, 3.8) is 0 Å². The van der Waals surface area contributed by atoms with E-state index in [0.717, 1.165) is 25.7 Å². The summed E-state index contributed by atoms with van der Waals surface area (Å²) in [6.07, 6.45) is 3.69. The highest BCUT2D eigenvalue weighted by molar-refractivity contribution is 5.53. The molecule has 0 aliphatic heterocycles.